The van der Waals surface area contributed by atoms with Crippen LogP contribution >= 0.6 is 0 Å². The highest BCUT2D eigenvalue weighted by molar-refractivity contribution is 5.89. The summed E-state index contributed by atoms with van der Waals surface area (Å²) in [5.41, 5.74) is 0.133. The van der Waals surface area contributed by atoms with Gasteiger partial charge in [0.15, 0.2) is 6.29 Å². The molecule has 1 aliphatic heterocycles. The maximum atomic E-state index is 12.0. The van der Waals surface area contributed by atoms with Crippen LogP contribution in [0.1, 0.15) is 23.2 Å². The van der Waals surface area contributed by atoms with Crippen molar-refractivity contribution in [2.24, 2.45) is 0 Å². The average Bonchev–Trinajstić information content (AvgIpc) is 2.54. The number of benzene rings is 1. The topological polar surface area (TPSA) is 108 Å². The molecule has 2 rings (SSSR count). The molecule has 3 atom stereocenters. The lowest BCUT2D eigenvalue weighted by atomic mass is 10.1. The summed E-state index contributed by atoms with van der Waals surface area (Å²) in [6.07, 6.45) is -0.701. The summed E-state index contributed by atoms with van der Waals surface area (Å²) in [7, 11) is 1.47. The maximum absolute atomic E-state index is 12.0. The Balaban J connectivity index is 1.99. The van der Waals surface area contributed by atoms with E-state index in [1.165, 1.54) is 31.4 Å². The van der Waals surface area contributed by atoms with Gasteiger partial charge in [-0.3, -0.25) is 10.1 Å². The van der Waals surface area contributed by atoms with Crippen LogP contribution in [0.15, 0.2) is 24.3 Å². The SMILES string of the molecule is CO[C@@H]1C[C@H](OC(=O)c2ccc([N+](=O)[O-])cc2)C[C@@H](CO)O1. The third-order valence-corrected chi connectivity index (χ3v) is 3.38. The largest absolute Gasteiger partial charge is 0.458 e. The molecule has 0 spiro atoms. The number of nitro groups is 1. The molecule has 0 bridgehead atoms. The van der Waals surface area contributed by atoms with E-state index in [0.29, 0.717) is 12.8 Å². The molecule has 0 saturated carbocycles. The summed E-state index contributed by atoms with van der Waals surface area (Å²) in [6.45, 7) is -0.189. The second-order valence-electron chi connectivity index (χ2n) is 4.91. The predicted molar refractivity (Wildman–Crippen MR) is 74.3 cm³/mol. The number of hydrogen-bond acceptors (Lipinski definition) is 7. The molecule has 0 aromatic heterocycles. The van der Waals surface area contributed by atoms with Gasteiger partial charge in [0.05, 0.1) is 23.2 Å². The van der Waals surface area contributed by atoms with Crippen molar-refractivity contribution in [1.29, 1.82) is 0 Å². The first-order valence-electron chi connectivity index (χ1n) is 6.78. The fraction of sp³-hybridized carbons (Fsp3) is 0.500. The van der Waals surface area contributed by atoms with Crippen LogP contribution in [-0.2, 0) is 14.2 Å². The molecular weight excluding hydrogens is 294 g/mol. The number of methoxy groups -OCH3 is 1. The Kier molecular flexibility index (Phi) is 5.42. The van der Waals surface area contributed by atoms with E-state index >= 15 is 0 Å². The van der Waals surface area contributed by atoms with E-state index in [4.69, 9.17) is 14.2 Å². The predicted octanol–water partition coefficient (Wildman–Crippen LogP) is 1.26. The number of aliphatic hydroxyl groups is 1. The van der Waals surface area contributed by atoms with Crippen molar-refractivity contribution in [2.45, 2.75) is 31.3 Å². The maximum Gasteiger partial charge on any atom is 0.338 e. The molecule has 1 aliphatic rings. The minimum absolute atomic E-state index is 0.0950. The monoisotopic (exact) mass is 311 g/mol. The van der Waals surface area contributed by atoms with Crippen molar-refractivity contribution in [3.8, 4) is 0 Å². The molecule has 8 nitrogen and oxygen atoms in total. The van der Waals surface area contributed by atoms with Crippen molar-refractivity contribution in [1.82, 2.24) is 0 Å². The van der Waals surface area contributed by atoms with Crippen LogP contribution in [0.3, 0.4) is 0 Å². The van der Waals surface area contributed by atoms with Crippen LogP contribution in [0.25, 0.3) is 0 Å². The lowest BCUT2D eigenvalue weighted by molar-refractivity contribution is -0.384. The normalized spacial score (nSPS) is 24.7. The van der Waals surface area contributed by atoms with E-state index in [1.54, 1.807) is 0 Å². The molecular formula is C14H17NO7. The highest BCUT2D eigenvalue weighted by Gasteiger charge is 2.31. The Bertz CT molecular complexity index is 518. The van der Waals surface area contributed by atoms with Crippen LogP contribution in [0, 0.1) is 10.1 Å². The number of non-ortho nitro benzene ring substituents is 1. The van der Waals surface area contributed by atoms with Crippen molar-refractivity contribution >= 4 is 11.7 Å². The quantitative estimate of drug-likeness (QED) is 0.495. The molecule has 0 aliphatic carbocycles. The number of carbonyl (C=O) groups excluding carboxylic acids is 1. The second-order valence-corrected chi connectivity index (χ2v) is 4.91. The molecule has 1 aromatic carbocycles. The van der Waals surface area contributed by atoms with Gasteiger partial charge in [0, 0.05) is 32.1 Å². The average molecular weight is 311 g/mol. The molecule has 120 valence electrons. The van der Waals surface area contributed by atoms with Crippen LogP contribution in [0.4, 0.5) is 5.69 Å². The molecule has 1 N–H and O–H groups in total. The fourth-order valence-electron chi connectivity index (χ4n) is 2.23. The number of hydrogen-bond donors (Lipinski definition) is 1. The first-order valence-corrected chi connectivity index (χ1v) is 6.78. The smallest absolute Gasteiger partial charge is 0.338 e. The molecule has 22 heavy (non-hydrogen) atoms. The van der Waals surface area contributed by atoms with Gasteiger partial charge in [-0.25, -0.2) is 4.79 Å². The van der Waals surface area contributed by atoms with Gasteiger partial charge in [0.2, 0.25) is 0 Å². The van der Waals surface area contributed by atoms with Crippen molar-refractivity contribution in [2.75, 3.05) is 13.7 Å². The highest BCUT2D eigenvalue weighted by Crippen LogP contribution is 2.23. The highest BCUT2D eigenvalue weighted by atomic mass is 16.7. The number of aliphatic hydroxyl groups excluding tert-OH is 1. The molecule has 8 heteroatoms. The molecule has 1 aromatic rings. The number of esters is 1. The van der Waals surface area contributed by atoms with Crippen LogP contribution in [-0.4, -0.2) is 48.2 Å². The molecule has 0 radical (unpaired) electrons. The summed E-state index contributed by atoms with van der Waals surface area (Å²) < 4.78 is 15.9. The fourth-order valence-corrected chi connectivity index (χ4v) is 2.23. The molecule has 0 amide bonds. The zero-order valence-electron chi connectivity index (χ0n) is 12.0. The molecule has 1 saturated heterocycles. The zero-order valence-corrected chi connectivity index (χ0v) is 12.0. The first kappa shape index (κ1) is 16.3. The van der Waals surface area contributed by atoms with E-state index < -0.39 is 29.4 Å². The number of ether oxygens (including phenoxy) is 3. The van der Waals surface area contributed by atoms with Crippen molar-refractivity contribution in [3.05, 3.63) is 39.9 Å². The Morgan fingerprint density at radius 3 is 2.64 bits per heavy atom. The Hall–Kier alpha value is -2.03. The number of nitro benzene ring substituents is 1. The van der Waals surface area contributed by atoms with E-state index in [2.05, 4.69) is 0 Å². The summed E-state index contributed by atoms with van der Waals surface area (Å²) in [6, 6.07) is 5.18. The van der Waals surface area contributed by atoms with Gasteiger partial charge in [0.1, 0.15) is 6.10 Å². The molecule has 0 unspecified atom stereocenters. The minimum atomic E-state index is -0.576. The summed E-state index contributed by atoms with van der Waals surface area (Å²) >= 11 is 0. The van der Waals surface area contributed by atoms with Gasteiger partial charge >= 0.3 is 5.97 Å². The first-order chi connectivity index (χ1) is 10.5. The third-order valence-electron chi connectivity index (χ3n) is 3.38. The van der Waals surface area contributed by atoms with Crippen LogP contribution < -0.4 is 0 Å². The Morgan fingerprint density at radius 1 is 1.41 bits per heavy atom. The van der Waals surface area contributed by atoms with Gasteiger partial charge in [-0.15, -0.1) is 0 Å². The Morgan fingerprint density at radius 2 is 2.09 bits per heavy atom. The van der Waals surface area contributed by atoms with Gasteiger partial charge in [0.25, 0.3) is 5.69 Å². The summed E-state index contributed by atoms with van der Waals surface area (Å²) in [4.78, 5) is 22.1. The van der Waals surface area contributed by atoms with Crippen molar-refractivity contribution in [3.63, 3.8) is 0 Å². The molecule has 1 heterocycles. The van der Waals surface area contributed by atoms with Gasteiger partial charge in [-0.05, 0) is 12.1 Å². The summed E-state index contributed by atoms with van der Waals surface area (Å²) in [5, 5.41) is 19.7. The van der Waals surface area contributed by atoms with Gasteiger partial charge < -0.3 is 19.3 Å². The van der Waals surface area contributed by atoms with Gasteiger partial charge in [-0.2, -0.15) is 0 Å². The third kappa shape index (κ3) is 4.00. The van der Waals surface area contributed by atoms with E-state index in [9.17, 15) is 20.0 Å². The lowest BCUT2D eigenvalue weighted by Crippen LogP contribution is -2.40. The van der Waals surface area contributed by atoms with Crippen LogP contribution in [0.5, 0.6) is 0 Å². The van der Waals surface area contributed by atoms with E-state index in [0.717, 1.165) is 0 Å². The van der Waals surface area contributed by atoms with Gasteiger partial charge in [-0.1, -0.05) is 0 Å². The standard InChI is InChI=1S/C14H17NO7/c1-20-13-7-11(6-12(8-16)21-13)22-14(17)9-2-4-10(5-3-9)15(18)19/h2-5,11-13,16H,6-8H2,1H3/t11-,12+,13+/m1/s1. The minimum Gasteiger partial charge on any atom is -0.458 e. The van der Waals surface area contributed by atoms with Crippen molar-refractivity contribution < 1.29 is 29.0 Å². The number of carbonyl (C=O) groups is 1. The lowest BCUT2D eigenvalue weighted by Gasteiger charge is -2.33. The Labute approximate surface area is 126 Å². The summed E-state index contributed by atoms with van der Waals surface area (Å²) in [5.74, 6) is -0.576. The number of nitrogens with zero attached hydrogens (tertiary/aromatic N) is 1. The van der Waals surface area contributed by atoms with E-state index in [-0.39, 0.29) is 17.9 Å². The zero-order chi connectivity index (χ0) is 16.1. The van der Waals surface area contributed by atoms with Crippen LogP contribution in [0.2, 0.25) is 0 Å². The molecule has 1 fully saturated rings. The van der Waals surface area contributed by atoms with E-state index in [1.807, 2.05) is 0 Å². The second kappa shape index (κ2) is 7.30. The number of rotatable bonds is 5.